The average Bonchev–Trinajstić information content (AvgIpc) is 2.24. The van der Waals surface area contributed by atoms with Crippen LogP contribution in [0.4, 0.5) is 13.2 Å². The van der Waals surface area contributed by atoms with Crippen molar-refractivity contribution in [3.05, 3.63) is 29.3 Å². The molecule has 1 fully saturated rings. The largest absolute Gasteiger partial charge is 0.497 e. The number of halogens is 3. The minimum atomic E-state index is -4.39. The standard InChI is InChI=1S/C12H12F3NOS/c1-17-10-6-8(11(18)16-3-2-4-16)5-9(7-10)12(13,14)15/h5-7H,2-4H2,1H3. The smallest absolute Gasteiger partial charge is 0.416 e. The first-order valence-corrected chi connectivity index (χ1v) is 5.88. The highest BCUT2D eigenvalue weighted by Gasteiger charge is 2.32. The van der Waals surface area contributed by atoms with Gasteiger partial charge in [0.05, 0.1) is 12.7 Å². The molecule has 1 aromatic rings. The Bertz CT molecular complexity index is 469. The van der Waals surface area contributed by atoms with E-state index in [2.05, 4.69) is 0 Å². The van der Waals surface area contributed by atoms with E-state index in [1.165, 1.54) is 13.2 Å². The van der Waals surface area contributed by atoms with Gasteiger partial charge in [-0.2, -0.15) is 13.2 Å². The molecule has 1 aromatic carbocycles. The summed E-state index contributed by atoms with van der Waals surface area (Å²) in [6.45, 7) is 1.61. The lowest BCUT2D eigenvalue weighted by Crippen LogP contribution is -2.41. The SMILES string of the molecule is COc1cc(C(=S)N2CCC2)cc(C(F)(F)F)c1. The number of hydrogen-bond acceptors (Lipinski definition) is 2. The highest BCUT2D eigenvalue weighted by atomic mass is 32.1. The van der Waals surface area contributed by atoms with Gasteiger partial charge >= 0.3 is 6.18 Å². The lowest BCUT2D eigenvalue weighted by molar-refractivity contribution is -0.137. The van der Waals surface area contributed by atoms with Gasteiger partial charge in [0, 0.05) is 18.7 Å². The third-order valence-electron chi connectivity index (χ3n) is 2.86. The summed E-state index contributed by atoms with van der Waals surface area (Å²) in [5.74, 6) is 0.169. The minimum absolute atomic E-state index is 0.169. The molecule has 6 heteroatoms. The number of nitrogens with zero attached hydrogens (tertiary/aromatic N) is 1. The van der Waals surface area contributed by atoms with Crippen LogP contribution >= 0.6 is 12.2 Å². The molecule has 0 amide bonds. The molecular weight excluding hydrogens is 263 g/mol. The Hall–Kier alpha value is -1.30. The summed E-state index contributed by atoms with van der Waals surface area (Å²) < 4.78 is 43.1. The Morgan fingerprint density at radius 3 is 2.39 bits per heavy atom. The Kier molecular flexibility index (Phi) is 3.47. The second-order valence-electron chi connectivity index (χ2n) is 4.09. The predicted octanol–water partition coefficient (Wildman–Crippen LogP) is 3.10. The molecule has 0 saturated carbocycles. The van der Waals surface area contributed by atoms with E-state index in [0.717, 1.165) is 31.6 Å². The van der Waals surface area contributed by atoms with Gasteiger partial charge in [0.15, 0.2) is 0 Å². The van der Waals surface area contributed by atoms with Gasteiger partial charge < -0.3 is 9.64 Å². The molecule has 1 aliphatic heterocycles. The zero-order valence-corrected chi connectivity index (χ0v) is 10.6. The van der Waals surface area contributed by atoms with E-state index in [1.807, 2.05) is 4.90 Å². The van der Waals surface area contributed by atoms with Crippen molar-refractivity contribution < 1.29 is 17.9 Å². The number of ether oxygens (including phenoxy) is 1. The maximum absolute atomic E-state index is 12.7. The van der Waals surface area contributed by atoms with E-state index >= 15 is 0 Å². The van der Waals surface area contributed by atoms with E-state index in [-0.39, 0.29) is 5.75 Å². The number of likely N-dealkylation sites (tertiary alicyclic amines) is 1. The number of benzene rings is 1. The van der Waals surface area contributed by atoms with Gasteiger partial charge in [0.25, 0.3) is 0 Å². The highest BCUT2D eigenvalue weighted by Crippen LogP contribution is 2.33. The molecule has 0 unspecified atom stereocenters. The number of methoxy groups -OCH3 is 1. The molecule has 1 heterocycles. The van der Waals surface area contributed by atoms with Gasteiger partial charge in [-0.15, -0.1) is 0 Å². The number of thiocarbonyl (C=S) groups is 1. The lowest BCUT2D eigenvalue weighted by Gasteiger charge is -2.33. The van der Waals surface area contributed by atoms with Crippen molar-refractivity contribution in [2.75, 3.05) is 20.2 Å². The zero-order valence-electron chi connectivity index (χ0n) is 9.75. The lowest BCUT2D eigenvalue weighted by atomic mass is 10.1. The third kappa shape index (κ3) is 2.58. The maximum atomic E-state index is 12.7. The first-order chi connectivity index (χ1) is 8.41. The van der Waals surface area contributed by atoms with Crippen LogP contribution in [0, 0.1) is 0 Å². The molecule has 0 bridgehead atoms. The summed E-state index contributed by atoms with van der Waals surface area (Å²) in [6, 6.07) is 3.58. The number of alkyl halides is 3. The normalized spacial score (nSPS) is 15.2. The second kappa shape index (κ2) is 4.76. The highest BCUT2D eigenvalue weighted by molar-refractivity contribution is 7.80. The van der Waals surface area contributed by atoms with Crippen molar-refractivity contribution in [1.29, 1.82) is 0 Å². The van der Waals surface area contributed by atoms with E-state index in [9.17, 15) is 13.2 Å². The number of hydrogen-bond donors (Lipinski definition) is 0. The fourth-order valence-electron chi connectivity index (χ4n) is 1.71. The molecule has 1 aliphatic rings. The molecular formula is C12H12F3NOS. The van der Waals surface area contributed by atoms with E-state index < -0.39 is 11.7 Å². The monoisotopic (exact) mass is 275 g/mol. The van der Waals surface area contributed by atoms with E-state index in [4.69, 9.17) is 17.0 Å². The van der Waals surface area contributed by atoms with Crippen LogP contribution in [0.25, 0.3) is 0 Å². The average molecular weight is 275 g/mol. The molecule has 0 aromatic heterocycles. The van der Waals surface area contributed by atoms with Gasteiger partial charge in [-0.1, -0.05) is 12.2 Å². The molecule has 2 rings (SSSR count). The topological polar surface area (TPSA) is 12.5 Å². The summed E-state index contributed by atoms with van der Waals surface area (Å²) in [6.07, 6.45) is -3.37. The van der Waals surface area contributed by atoms with Crippen molar-refractivity contribution in [3.8, 4) is 5.75 Å². The van der Waals surface area contributed by atoms with Crippen molar-refractivity contribution in [1.82, 2.24) is 4.90 Å². The summed E-state index contributed by atoms with van der Waals surface area (Å²) in [4.78, 5) is 2.33. The molecule has 0 radical (unpaired) electrons. The van der Waals surface area contributed by atoms with Crippen molar-refractivity contribution in [2.24, 2.45) is 0 Å². The third-order valence-corrected chi connectivity index (χ3v) is 3.35. The molecule has 0 aliphatic carbocycles. The fourth-order valence-corrected chi connectivity index (χ4v) is 2.01. The van der Waals surface area contributed by atoms with Crippen LogP contribution in [0.1, 0.15) is 17.5 Å². The van der Waals surface area contributed by atoms with Gasteiger partial charge in [0.2, 0.25) is 0 Å². The van der Waals surface area contributed by atoms with E-state index in [1.54, 1.807) is 0 Å². The van der Waals surface area contributed by atoms with Crippen LogP contribution in [0.5, 0.6) is 5.75 Å². The summed E-state index contributed by atoms with van der Waals surface area (Å²) in [7, 11) is 1.34. The van der Waals surface area contributed by atoms with Gasteiger partial charge in [-0.3, -0.25) is 0 Å². The first-order valence-electron chi connectivity index (χ1n) is 5.47. The van der Waals surface area contributed by atoms with Gasteiger partial charge in [0.1, 0.15) is 10.7 Å². The van der Waals surface area contributed by atoms with Crippen LogP contribution in [0.3, 0.4) is 0 Å². The van der Waals surface area contributed by atoms with Gasteiger partial charge in [-0.25, -0.2) is 0 Å². The Morgan fingerprint density at radius 2 is 1.94 bits per heavy atom. The second-order valence-corrected chi connectivity index (χ2v) is 4.48. The van der Waals surface area contributed by atoms with Crippen molar-refractivity contribution in [3.63, 3.8) is 0 Å². The Labute approximate surface area is 108 Å². The molecule has 98 valence electrons. The van der Waals surface area contributed by atoms with Crippen LogP contribution in [0.2, 0.25) is 0 Å². The summed E-state index contributed by atoms with van der Waals surface area (Å²) in [5, 5.41) is 0. The maximum Gasteiger partial charge on any atom is 0.416 e. The Morgan fingerprint density at radius 1 is 1.28 bits per heavy atom. The summed E-state index contributed by atoms with van der Waals surface area (Å²) >= 11 is 5.19. The molecule has 18 heavy (non-hydrogen) atoms. The molecule has 0 N–H and O–H groups in total. The van der Waals surface area contributed by atoms with Crippen LogP contribution in [-0.4, -0.2) is 30.1 Å². The van der Waals surface area contributed by atoms with Crippen LogP contribution < -0.4 is 4.74 Å². The zero-order chi connectivity index (χ0) is 13.3. The minimum Gasteiger partial charge on any atom is -0.497 e. The molecule has 0 spiro atoms. The van der Waals surface area contributed by atoms with Crippen LogP contribution in [-0.2, 0) is 6.18 Å². The van der Waals surface area contributed by atoms with E-state index in [0.29, 0.717) is 10.6 Å². The molecule has 0 atom stereocenters. The predicted molar refractivity (Wildman–Crippen MR) is 65.9 cm³/mol. The first kappa shape index (κ1) is 13.1. The summed E-state index contributed by atoms with van der Waals surface area (Å²) in [5.41, 5.74) is -0.351. The molecule has 2 nitrogen and oxygen atoms in total. The van der Waals surface area contributed by atoms with Crippen LogP contribution in [0.15, 0.2) is 18.2 Å². The quantitative estimate of drug-likeness (QED) is 0.770. The van der Waals surface area contributed by atoms with Crippen molar-refractivity contribution in [2.45, 2.75) is 12.6 Å². The van der Waals surface area contributed by atoms with Crippen molar-refractivity contribution >= 4 is 17.2 Å². The molecule has 1 saturated heterocycles. The Balaban J connectivity index is 2.37. The fraction of sp³-hybridized carbons (Fsp3) is 0.417. The number of rotatable bonds is 2. The van der Waals surface area contributed by atoms with Gasteiger partial charge in [-0.05, 0) is 24.6 Å².